The zero-order valence-electron chi connectivity index (χ0n) is 13.4. The van der Waals surface area contributed by atoms with E-state index >= 15 is 0 Å². The van der Waals surface area contributed by atoms with E-state index in [1.807, 2.05) is 0 Å². The molecule has 0 saturated heterocycles. The first kappa shape index (κ1) is 17.1. The second kappa shape index (κ2) is 7.32. The second-order valence-corrected chi connectivity index (χ2v) is 5.72. The Morgan fingerprint density at radius 2 is 1.87 bits per heavy atom. The molecule has 2 rings (SSSR count). The van der Waals surface area contributed by atoms with E-state index in [2.05, 4.69) is 5.32 Å². The predicted molar refractivity (Wildman–Crippen MR) is 86.6 cm³/mol. The summed E-state index contributed by atoms with van der Waals surface area (Å²) in [7, 11) is 2.94. The van der Waals surface area contributed by atoms with Crippen LogP contribution in [0.15, 0.2) is 12.1 Å². The van der Waals surface area contributed by atoms with Crippen molar-refractivity contribution < 1.29 is 19.1 Å². The molecule has 1 aromatic rings. The first-order chi connectivity index (χ1) is 11.0. The average Bonchev–Trinajstić information content (AvgIpc) is 2.91. The zero-order chi connectivity index (χ0) is 17.0. The second-order valence-electron chi connectivity index (χ2n) is 5.72. The van der Waals surface area contributed by atoms with Gasteiger partial charge in [0.2, 0.25) is 5.91 Å². The largest absolute Gasteiger partial charge is 0.493 e. The molecule has 2 atom stereocenters. The molecule has 23 heavy (non-hydrogen) atoms. The molecule has 7 heteroatoms. The minimum atomic E-state index is -0.654. The van der Waals surface area contributed by atoms with Gasteiger partial charge in [-0.1, -0.05) is 6.42 Å². The van der Waals surface area contributed by atoms with E-state index in [0.29, 0.717) is 23.6 Å². The molecule has 7 nitrogen and oxygen atoms in total. The number of carbonyl (C=O) groups is 2. The molecular weight excluding hydrogens is 298 g/mol. The maximum atomic E-state index is 12.3. The van der Waals surface area contributed by atoms with E-state index < -0.39 is 5.91 Å². The highest BCUT2D eigenvalue weighted by Crippen LogP contribution is 2.34. The SMILES string of the molecule is COc1cc(NC(=O)C[C@@H]2CCC[C@H]2N)c(C(N)=O)cc1OC. The van der Waals surface area contributed by atoms with Gasteiger partial charge in [-0.05, 0) is 24.8 Å². The van der Waals surface area contributed by atoms with Crippen LogP contribution in [0.2, 0.25) is 0 Å². The number of rotatable bonds is 6. The molecular formula is C16H23N3O4. The van der Waals surface area contributed by atoms with Gasteiger partial charge in [-0.15, -0.1) is 0 Å². The Balaban J connectivity index is 2.20. The number of nitrogens with one attached hydrogen (secondary N) is 1. The van der Waals surface area contributed by atoms with E-state index in [9.17, 15) is 9.59 Å². The lowest BCUT2D eigenvalue weighted by Crippen LogP contribution is -2.28. The topological polar surface area (TPSA) is 117 Å². The van der Waals surface area contributed by atoms with Crippen LogP contribution in [0.1, 0.15) is 36.0 Å². The van der Waals surface area contributed by atoms with Gasteiger partial charge in [0.1, 0.15) is 0 Å². The highest BCUT2D eigenvalue weighted by Gasteiger charge is 2.26. The molecule has 0 heterocycles. The van der Waals surface area contributed by atoms with Gasteiger partial charge in [-0.2, -0.15) is 0 Å². The Kier molecular flexibility index (Phi) is 5.44. The third-order valence-electron chi connectivity index (χ3n) is 4.23. The Labute approximate surface area is 135 Å². The van der Waals surface area contributed by atoms with Gasteiger partial charge >= 0.3 is 0 Å². The van der Waals surface area contributed by atoms with E-state index in [4.69, 9.17) is 20.9 Å². The van der Waals surface area contributed by atoms with Crippen LogP contribution in [0.4, 0.5) is 5.69 Å². The molecule has 126 valence electrons. The molecule has 1 fully saturated rings. The number of primary amides is 1. The van der Waals surface area contributed by atoms with E-state index in [1.54, 1.807) is 0 Å². The van der Waals surface area contributed by atoms with Crippen LogP contribution in [-0.4, -0.2) is 32.1 Å². The third kappa shape index (κ3) is 3.92. The summed E-state index contributed by atoms with van der Waals surface area (Å²) in [5, 5.41) is 2.73. The summed E-state index contributed by atoms with van der Waals surface area (Å²) in [6.45, 7) is 0. The van der Waals surface area contributed by atoms with Crippen molar-refractivity contribution in [1.82, 2.24) is 0 Å². The van der Waals surface area contributed by atoms with Gasteiger partial charge in [-0.3, -0.25) is 9.59 Å². The van der Waals surface area contributed by atoms with Crippen LogP contribution in [-0.2, 0) is 4.79 Å². The van der Waals surface area contributed by atoms with Crippen LogP contribution in [0, 0.1) is 5.92 Å². The molecule has 0 bridgehead atoms. The molecule has 2 amide bonds. The minimum Gasteiger partial charge on any atom is -0.493 e. The molecule has 1 aliphatic carbocycles. The molecule has 0 aliphatic heterocycles. The lowest BCUT2D eigenvalue weighted by molar-refractivity contribution is -0.117. The van der Waals surface area contributed by atoms with Crippen molar-refractivity contribution in [3.05, 3.63) is 17.7 Å². The average molecular weight is 321 g/mol. The lowest BCUT2D eigenvalue weighted by atomic mass is 9.99. The number of ether oxygens (including phenoxy) is 2. The fourth-order valence-corrected chi connectivity index (χ4v) is 2.94. The zero-order valence-corrected chi connectivity index (χ0v) is 13.4. The first-order valence-electron chi connectivity index (χ1n) is 7.57. The summed E-state index contributed by atoms with van der Waals surface area (Å²) >= 11 is 0. The standard InChI is InChI=1S/C16H23N3O4/c1-22-13-7-10(16(18)21)12(8-14(13)23-2)19-15(20)6-9-4-3-5-11(9)17/h7-9,11H,3-6,17H2,1-2H3,(H2,18,21)(H,19,20)/t9-,11+/m0/s1. The number of benzene rings is 1. The van der Waals surface area contributed by atoms with Gasteiger partial charge < -0.3 is 26.3 Å². The third-order valence-corrected chi connectivity index (χ3v) is 4.23. The van der Waals surface area contributed by atoms with Crippen molar-refractivity contribution in [2.24, 2.45) is 17.4 Å². The molecule has 0 radical (unpaired) electrons. The van der Waals surface area contributed by atoms with Crippen molar-refractivity contribution >= 4 is 17.5 Å². The predicted octanol–water partition coefficient (Wildman–Crippen LogP) is 1.26. The van der Waals surface area contributed by atoms with Crippen molar-refractivity contribution in [1.29, 1.82) is 0 Å². The highest BCUT2D eigenvalue weighted by molar-refractivity contribution is 6.04. The summed E-state index contributed by atoms with van der Waals surface area (Å²) in [6, 6.07) is 3.05. The molecule has 1 aromatic carbocycles. The highest BCUT2D eigenvalue weighted by atomic mass is 16.5. The van der Waals surface area contributed by atoms with Gasteiger partial charge in [0.05, 0.1) is 25.5 Å². The Morgan fingerprint density at radius 1 is 1.22 bits per heavy atom. The van der Waals surface area contributed by atoms with Crippen molar-refractivity contribution in [3.8, 4) is 11.5 Å². The molecule has 5 N–H and O–H groups in total. The van der Waals surface area contributed by atoms with Gasteiger partial charge in [-0.25, -0.2) is 0 Å². The number of anilines is 1. The van der Waals surface area contributed by atoms with Crippen LogP contribution >= 0.6 is 0 Å². The van der Waals surface area contributed by atoms with Gasteiger partial charge in [0.15, 0.2) is 11.5 Å². The van der Waals surface area contributed by atoms with Crippen LogP contribution < -0.4 is 26.3 Å². The van der Waals surface area contributed by atoms with E-state index in [1.165, 1.54) is 26.4 Å². The smallest absolute Gasteiger partial charge is 0.250 e. The number of carbonyl (C=O) groups excluding carboxylic acids is 2. The van der Waals surface area contributed by atoms with E-state index in [0.717, 1.165) is 19.3 Å². The molecule has 1 aliphatic rings. The quantitative estimate of drug-likeness (QED) is 0.729. The molecule has 0 aromatic heterocycles. The fourth-order valence-electron chi connectivity index (χ4n) is 2.94. The Morgan fingerprint density at radius 3 is 2.39 bits per heavy atom. The molecule has 0 spiro atoms. The fraction of sp³-hybridized carbons (Fsp3) is 0.500. The van der Waals surface area contributed by atoms with Crippen molar-refractivity contribution in [2.75, 3.05) is 19.5 Å². The van der Waals surface area contributed by atoms with E-state index in [-0.39, 0.29) is 23.4 Å². The Bertz CT molecular complexity index is 603. The Hall–Kier alpha value is -2.28. The number of amides is 2. The van der Waals surface area contributed by atoms with Crippen LogP contribution in [0.3, 0.4) is 0 Å². The van der Waals surface area contributed by atoms with Gasteiger partial charge in [0.25, 0.3) is 5.91 Å². The molecule has 0 unspecified atom stereocenters. The summed E-state index contributed by atoms with van der Waals surface area (Å²) in [5.74, 6) is 0.107. The molecule has 1 saturated carbocycles. The normalized spacial score (nSPS) is 20.1. The first-order valence-corrected chi connectivity index (χ1v) is 7.57. The van der Waals surface area contributed by atoms with Crippen molar-refractivity contribution in [2.45, 2.75) is 31.7 Å². The maximum Gasteiger partial charge on any atom is 0.250 e. The summed E-state index contributed by atoms with van der Waals surface area (Å²) in [4.78, 5) is 23.9. The van der Waals surface area contributed by atoms with Crippen LogP contribution in [0.5, 0.6) is 11.5 Å². The number of hydrogen-bond acceptors (Lipinski definition) is 5. The van der Waals surface area contributed by atoms with Gasteiger partial charge in [0, 0.05) is 18.5 Å². The monoisotopic (exact) mass is 321 g/mol. The lowest BCUT2D eigenvalue weighted by Gasteiger charge is -2.17. The summed E-state index contributed by atoms with van der Waals surface area (Å²) < 4.78 is 10.3. The summed E-state index contributed by atoms with van der Waals surface area (Å²) in [5.41, 5.74) is 11.9. The number of methoxy groups -OCH3 is 2. The summed E-state index contributed by atoms with van der Waals surface area (Å²) in [6.07, 6.45) is 3.26. The minimum absolute atomic E-state index is 0.0572. The van der Waals surface area contributed by atoms with Crippen LogP contribution in [0.25, 0.3) is 0 Å². The van der Waals surface area contributed by atoms with Crippen molar-refractivity contribution in [3.63, 3.8) is 0 Å². The number of nitrogens with two attached hydrogens (primary N) is 2. The number of hydrogen-bond donors (Lipinski definition) is 3. The maximum absolute atomic E-state index is 12.3.